The highest BCUT2D eigenvalue weighted by atomic mass is 32.1. The van der Waals surface area contributed by atoms with Gasteiger partial charge < -0.3 is 5.11 Å². The standard InChI is InChI=1S/C8H3F4NOS/c9-3-1-2-4(14)6-5(3)13-7(15-6)8(10,11)12/h1-2,14H. The maximum Gasteiger partial charge on any atom is 0.443 e. The first-order valence-electron chi connectivity index (χ1n) is 3.75. The minimum absolute atomic E-state index is 0.192. The normalized spacial score (nSPS) is 12.3. The Hall–Kier alpha value is -1.37. The second kappa shape index (κ2) is 3.06. The molecule has 1 N–H and O–H groups in total. The van der Waals surface area contributed by atoms with Crippen LogP contribution in [-0.2, 0) is 6.18 Å². The summed E-state index contributed by atoms with van der Waals surface area (Å²) in [6.45, 7) is 0. The number of aromatic nitrogens is 1. The fourth-order valence-corrected chi connectivity index (χ4v) is 1.94. The molecule has 2 nitrogen and oxygen atoms in total. The van der Waals surface area contributed by atoms with Crippen molar-refractivity contribution in [3.63, 3.8) is 0 Å². The summed E-state index contributed by atoms with van der Waals surface area (Å²) in [5, 5.41) is 8.04. The number of phenols is 1. The van der Waals surface area contributed by atoms with Gasteiger partial charge in [-0.15, -0.1) is 11.3 Å². The number of phenolic OH excluding ortho intramolecular Hbond substituents is 1. The quantitative estimate of drug-likeness (QED) is 0.714. The van der Waals surface area contributed by atoms with Crippen molar-refractivity contribution in [3.05, 3.63) is 23.0 Å². The van der Waals surface area contributed by atoms with Gasteiger partial charge in [0.25, 0.3) is 0 Å². The lowest BCUT2D eigenvalue weighted by Crippen LogP contribution is -2.03. The highest BCUT2D eigenvalue weighted by Gasteiger charge is 2.35. The third kappa shape index (κ3) is 1.63. The van der Waals surface area contributed by atoms with Gasteiger partial charge in [-0.2, -0.15) is 13.2 Å². The van der Waals surface area contributed by atoms with Crippen molar-refractivity contribution in [1.82, 2.24) is 4.98 Å². The molecule has 2 rings (SSSR count). The SMILES string of the molecule is Oc1ccc(F)c2nc(C(F)(F)F)sc12. The fraction of sp³-hybridized carbons (Fsp3) is 0.125. The summed E-state index contributed by atoms with van der Waals surface area (Å²) in [5.41, 5.74) is -0.452. The molecule has 80 valence electrons. The molecule has 0 atom stereocenters. The van der Waals surface area contributed by atoms with Crippen molar-refractivity contribution in [2.75, 3.05) is 0 Å². The molecule has 0 amide bonds. The molecule has 0 fully saturated rings. The van der Waals surface area contributed by atoms with Crippen molar-refractivity contribution in [1.29, 1.82) is 0 Å². The minimum Gasteiger partial charge on any atom is -0.506 e. The predicted octanol–water partition coefficient (Wildman–Crippen LogP) is 3.16. The molecule has 0 spiro atoms. The number of aromatic hydroxyl groups is 1. The summed E-state index contributed by atoms with van der Waals surface area (Å²) in [7, 11) is 0. The Morgan fingerprint density at radius 1 is 1.27 bits per heavy atom. The Labute approximate surface area is 84.8 Å². The Kier molecular flexibility index (Phi) is 2.07. The Bertz CT molecular complexity index is 480. The van der Waals surface area contributed by atoms with E-state index in [0.717, 1.165) is 12.1 Å². The summed E-state index contributed by atoms with van der Waals surface area (Å²) in [6, 6.07) is 1.87. The van der Waals surface area contributed by atoms with Crippen LogP contribution in [0.3, 0.4) is 0 Å². The molecule has 0 aliphatic heterocycles. The van der Waals surface area contributed by atoms with Crippen LogP contribution in [0.15, 0.2) is 12.1 Å². The molecule has 15 heavy (non-hydrogen) atoms. The van der Waals surface area contributed by atoms with Gasteiger partial charge in [0.1, 0.15) is 11.3 Å². The van der Waals surface area contributed by atoms with E-state index in [1.807, 2.05) is 0 Å². The molecule has 0 radical (unpaired) electrons. The summed E-state index contributed by atoms with van der Waals surface area (Å²) >= 11 is 0.219. The van der Waals surface area contributed by atoms with Crippen LogP contribution in [0.5, 0.6) is 5.75 Å². The number of fused-ring (bicyclic) bond motifs is 1. The molecule has 0 saturated heterocycles. The van der Waals surface area contributed by atoms with Gasteiger partial charge in [0.2, 0.25) is 0 Å². The molecule has 1 aromatic carbocycles. The largest absolute Gasteiger partial charge is 0.506 e. The molecule has 0 aliphatic carbocycles. The molecule has 0 bridgehead atoms. The van der Waals surface area contributed by atoms with Gasteiger partial charge in [0.15, 0.2) is 10.8 Å². The van der Waals surface area contributed by atoms with Gasteiger partial charge in [0.05, 0.1) is 4.70 Å². The number of rotatable bonds is 0. The first kappa shape index (κ1) is 10.2. The number of thiazole rings is 1. The van der Waals surface area contributed by atoms with Gasteiger partial charge in [-0.3, -0.25) is 0 Å². The summed E-state index contributed by atoms with van der Waals surface area (Å²) in [5.74, 6) is -1.28. The van der Waals surface area contributed by atoms with Crippen LogP contribution < -0.4 is 0 Å². The lowest BCUT2D eigenvalue weighted by molar-refractivity contribution is -0.137. The number of nitrogens with zero attached hydrogens (tertiary/aromatic N) is 1. The molecule has 0 aliphatic rings. The van der Waals surface area contributed by atoms with Gasteiger partial charge in [0, 0.05) is 0 Å². The van der Waals surface area contributed by atoms with E-state index in [9.17, 15) is 22.7 Å². The third-order valence-corrected chi connectivity index (χ3v) is 2.84. The number of halogens is 4. The average Bonchev–Trinajstić information content (AvgIpc) is 2.56. The minimum atomic E-state index is -4.62. The van der Waals surface area contributed by atoms with E-state index in [0.29, 0.717) is 0 Å². The summed E-state index contributed by atoms with van der Waals surface area (Å²) in [6.07, 6.45) is -4.62. The van der Waals surface area contributed by atoms with Crippen LogP contribution in [0.4, 0.5) is 17.6 Å². The van der Waals surface area contributed by atoms with Crippen LogP contribution in [0.25, 0.3) is 10.2 Å². The van der Waals surface area contributed by atoms with E-state index < -0.39 is 28.3 Å². The van der Waals surface area contributed by atoms with Crippen LogP contribution >= 0.6 is 11.3 Å². The molecular formula is C8H3F4NOS. The Morgan fingerprint density at radius 3 is 2.47 bits per heavy atom. The van der Waals surface area contributed by atoms with Crippen LogP contribution in [0.2, 0.25) is 0 Å². The van der Waals surface area contributed by atoms with Gasteiger partial charge in [-0.25, -0.2) is 9.37 Å². The van der Waals surface area contributed by atoms with Crippen molar-refractivity contribution in [3.8, 4) is 5.75 Å². The second-order valence-electron chi connectivity index (χ2n) is 2.76. The molecule has 2 aromatic rings. The van der Waals surface area contributed by atoms with Crippen molar-refractivity contribution >= 4 is 21.6 Å². The zero-order chi connectivity index (χ0) is 11.2. The number of benzene rings is 1. The fourth-order valence-electron chi connectivity index (χ4n) is 1.08. The summed E-state index contributed by atoms with van der Waals surface area (Å²) in [4.78, 5) is 3.10. The van der Waals surface area contributed by atoms with E-state index in [2.05, 4.69) is 4.98 Å². The van der Waals surface area contributed by atoms with Crippen molar-refractivity contribution < 1.29 is 22.7 Å². The Morgan fingerprint density at radius 2 is 1.93 bits per heavy atom. The zero-order valence-corrected chi connectivity index (χ0v) is 7.79. The van der Waals surface area contributed by atoms with Gasteiger partial charge >= 0.3 is 6.18 Å². The topological polar surface area (TPSA) is 33.1 Å². The first-order valence-corrected chi connectivity index (χ1v) is 4.56. The molecule has 1 aromatic heterocycles. The lowest BCUT2D eigenvalue weighted by atomic mass is 10.3. The maximum atomic E-state index is 13.0. The number of hydrogen-bond acceptors (Lipinski definition) is 3. The highest BCUT2D eigenvalue weighted by molar-refractivity contribution is 7.19. The summed E-state index contributed by atoms with van der Waals surface area (Å²) < 4.78 is 49.5. The molecular weight excluding hydrogens is 234 g/mol. The number of hydrogen-bond donors (Lipinski definition) is 1. The molecule has 7 heteroatoms. The van der Waals surface area contributed by atoms with E-state index in [4.69, 9.17) is 0 Å². The van der Waals surface area contributed by atoms with Crippen LogP contribution in [0.1, 0.15) is 5.01 Å². The lowest BCUT2D eigenvalue weighted by Gasteiger charge is -1.98. The molecule has 0 unspecified atom stereocenters. The van der Waals surface area contributed by atoms with Gasteiger partial charge in [-0.05, 0) is 12.1 Å². The van der Waals surface area contributed by atoms with Gasteiger partial charge in [-0.1, -0.05) is 0 Å². The Balaban J connectivity index is 2.76. The molecule has 0 saturated carbocycles. The maximum absolute atomic E-state index is 13.0. The average molecular weight is 237 g/mol. The predicted molar refractivity (Wildman–Crippen MR) is 46.2 cm³/mol. The molecule has 1 heterocycles. The van der Waals surface area contributed by atoms with Crippen LogP contribution in [-0.4, -0.2) is 10.1 Å². The van der Waals surface area contributed by atoms with Crippen LogP contribution in [0, 0.1) is 5.82 Å². The highest BCUT2D eigenvalue weighted by Crippen LogP contribution is 2.39. The third-order valence-electron chi connectivity index (χ3n) is 1.72. The van der Waals surface area contributed by atoms with E-state index in [1.165, 1.54) is 0 Å². The zero-order valence-electron chi connectivity index (χ0n) is 6.97. The number of alkyl halides is 3. The second-order valence-corrected chi connectivity index (χ2v) is 3.76. The smallest absolute Gasteiger partial charge is 0.443 e. The van der Waals surface area contributed by atoms with E-state index in [1.54, 1.807) is 0 Å². The van der Waals surface area contributed by atoms with E-state index >= 15 is 0 Å². The van der Waals surface area contributed by atoms with Crippen molar-refractivity contribution in [2.24, 2.45) is 0 Å². The monoisotopic (exact) mass is 237 g/mol. The van der Waals surface area contributed by atoms with Crippen molar-refractivity contribution in [2.45, 2.75) is 6.18 Å². The first-order chi connectivity index (χ1) is 6.89. The van der Waals surface area contributed by atoms with E-state index in [-0.39, 0.29) is 16.0 Å².